The number of unbranched alkanes of at least 4 members (excludes halogenated alkanes) is 1. The molecule has 11 heteroatoms. The summed E-state index contributed by atoms with van der Waals surface area (Å²) in [4.78, 5) is 29.4. The van der Waals surface area contributed by atoms with E-state index >= 15 is 0 Å². The van der Waals surface area contributed by atoms with Crippen LogP contribution in [0, 0.1) is 0 Å². The lowest BCUT2D eigenvalue weighted by Crippen LogP contribution is -2.27. The zero-order valence-corrected chi connectivity index (χ0v) is 23.2. The van der Waals surface area contributed by atoms with Crippen LogP contribution in [0.1, 0.15) is 43.5 Å². The van der Waals surface area contributed by atoms with Crippen LogP contribution in [0.2, 0.25) is 0 Å². The predicted molar refractivity (Wildman–Crippen MR) is 146 cm³/mol. The van der Waals surface area contributed by atoms with Crippen molar-refractivity contribution >= 4 is 38.9 Å². The van der Waals surface area contributed by atoms with E-state index in [0.717, 1.165) is 34.8 Å². The summed E-state index contributed by atoms with van der Waals surface area (Å²) < 4.78 is 16.9. The minimum atomic E-state index is -0.524. The second-order valence-corrected chi connectivity index (χ2v) is 10.5. The number of benzene rings is 1. The molecule has 37 heavy (non-hydrogen) atoms. The highest BCUT2D eigenvalue weighted by Crippen LogP contribution is 2.32. The van der Waals surface area contributed by atoms with E-state index in [2.05, 4.69) is 44.4 Å². The number of imidazole rings is 1. The van der Waals surface area contributed by atoms with Gasteiger partial charge < -0.3 is 24.3 Å². The largest absolute Gasteiger partial charge is 0.477 e. The van der Waals surface area contributed by atoms with E-state index in [0.29, 0.717) is 29.6 Å². The molecule has 0 fully saturated rings. The van der Waals surface area contributed by atoms with Crippen LogP contribution < -0.4 is 16.0 Å². The molecule has 1 aromatic carbocycles. The number of fused-ring (bicyclic) bond motifs is 1. The summed E-state index contributed by atoms with van der Waals surface area (Å²) in [6, 6.07) is 7.46. The molecular weight excluding hydrogens is 540 g/mol. The molecule has 0 saturated carbocycles. The van der Waals surface area contributed by atoms with Crippen molar-refractivity contribution in [1.82, 2.24) is 23.9 Å². The Morgan fingerprint density at radius 3 is 2.65 bits per heavy atom. The van der Waals surface area contributed by atoms with Gasteiger partial charge >= 0.3 is 5.97 Å². The number of aryl methyl sites for hydroxylation is 2. The third kappa shape index (κ3) is 5.27. The van der Waals surface area contributed by atoms with Gasteiger partial charge in [0, 0.05) is 30.3 Å². The average molecular weight is 571 g/mol. The molecule has 3 heterocycles. The first-order valence-electron chi connectivity index (χ1n) is 11.9. The summed E-state index contributed by atoms with van der Waals surface area (Å²) in [5.41, 5.74) is 8.74. The van der Waals surface area contributed by atoms with Crippen LogP contribution in [-0.2, 0) is 24.4 Å². The van der Waals surface area contributed by atoms with Crippen LogP contribution in [0.3, 0.4) is 0 Å². The van der Waals surface area contributed by atoms with Crippen LogP contribution in [0.4, 0.5) is 5.95 Å². The lowest BCUT2D eigenvalue weighted by Gasteiger charge is -2.28. The Balaban J connectivity index is 1.45. The molecule has 4 aromatic rings. The minimum Gasteiger partial charge on any atom is -0.477 e. The first-order valence-corrected chi connectivity index (χ1v) is 12.7. The Morgan fingerprint density at radius 2 is 1.92 bits per heavy atom. The van der Waals surface area contributed by atoms with Gasteiger partial charge in [-0.1, -0.05) is 15.9 Å². The number of halogens is 1. The number of rotatable bonds is 9. The predicted octanol–water partition coefficient (Wildman–Crippen LogP) is 4.25. The van der Waals surface area contributed by atoms with E-state index in [4.69, 9.17) is 15.2 Å². The lowest BCUT2D eigenvalue weighted by atomic mass is 9.96. The van der Waals surface area contributed by atoms with Gasteiger partial charge in [-0.15, -0.1) is 0 Å². The van der Waals surface area contributed by atoms with E-state index in [1.54, 1.807) is 25.0 Å². The molecular formula is C26H31BrN6O4. The molecule has 0 unspecified atom stereocenters. The maximum absolute atomic E-state index is 12.8. The fourth-order valence-corrected chi connectivity index (χ4v) is 4.91. The maximum Gasteiger partial charge on any atom is 0.339 e. The highest BCUT2D eigenvalue weighted by molar-refractivity contribution is 9.10. The van der Waals surface area contributed by atoms with Crippen molar-refractivity contribution in [3.8, 4) is 17.0 Å². The van der Waals surface area contributed by atoms with Crippen molar-refractivity contribution in [2.75, 3.05) is 19.5 Å². The number of pyridine rings is 1. The molecule has 0 spiro atoms. The Hall–Kier alpha value is -3.60. The molecule has 0 bridgehead atoms. The van der Waals surface area contributed by atoms with E-state index in [1.165, 1.54) is 23.9 Å². The molecule has 0 amide bonds. The van der Waals surface area contributed by atoms with Gasteiger partial charge in [0.2, 0.25) is 11.8 Å². The van der Waals surface area contributed by atoms with Gasteiger partial charge in [-0.05, 0) is 57.4 Å². The minimum absolute atomic E-state index is 0.252. The van der Waals surface area contributed by atoms with Crippen LogP contribution in [0.5, 0.6) is 5.88 Å². The standard InChI is InChI=1S/C26H31BrN6O4/c1-26(2,33-21-13-17(27)8-9-20(21)30-25(33)28)10-6-7-11-37-23-19(14-29-32(23)4)18-12-16(24(35)36-5)15-31(3)22(18)34/h8-9,12-15H,6-7,10-11H2,1-5H3,(H2,28,30). The number of nitrogen functional groups attached to an aromatic ring is 1. The molecule has 2 N–H and O–H groups in total. The normalized spacial score (nSPS) is 11.7. The number of carbonyl (C=O) groups is 1. The number of hydrogen-bond acceptors (Lipinski definition) is 7. The Morgan fingerprint density at radius 1 is 1.16 bits per heavy atom. The molecule has 0 aliphatic heterocycles. The summed E-state index contributed by atoms with van der Waals surface area (Å²) in [7, 11) is 4.64. The summed E-state index contributed by atoms with van der Waals surface area (Å²) in [6.07, 6.45) is 5.54. The van der Waals surface area contributed by atoms with Gasteiger partial charge in [0.05, 0.1) is 47.6 Å². The Kier molecular flexibility index (Phi) is 7.44. The van der Waals surface area contributed by atoms with Crippen LogP contribution >= 0.6 is 15.9 Å². The van der Waals surface area contributed by atoms with Gasteiger partial charge in [0.1, 0.15) is 0 Å². The van der Waals surface area contributed by atoms with E-state index < -0.39 is 5.97 Å². The molecule has 3 aromatic heterocycles. The Bertz CT molecular complexity index is 1520. The fraction of sp³-hybridized carbons (Fsp3) is 0.385. The zero-order valence-electron chi connectivity index (χ0n) is 21.6. The number of ether oxygens (including phenoxy) is 2. The SMILES string of the molecule is COC(=O)c1cc(-c2cnn(C)c2OCCCCC(C)(C)n2c(N)nc3ccc(Br)cc32)c(=O)n(C)c1. The van der Waals surface area contributed by atoms with Crippen molar-refractivity contribution in [2.45, 2.75) is 38.6 Å². The summed E-state index contributed by atoms with van der Waals surface area (Å²) in [6.45, 7) is 4.73. The summed E-state index contributed by atoms with van der Waals surface area (Å²) in [5, 5.41) is 4.28. The van der Waals surface area contributed by atoms with Gasteiger partial charge in [-0.2, -0.15) is 5.10 Å². The first kappa shape index (κ1) is 26.5. The monoisotopic (exact) mass is 570 g/mol. The third-order valence-corrected chi connectivity index (χ3v) is 6.94. The fourth-order valence-electron chi connectivity index (χ4n) is 4.56. The lowest BCUT2D eigenvalue weighted by molar-refractivity contribution is 0.0599. The van der Waals surface area contributed by atoms with E-state index in [1.807, 2.05) is 18.2 Å². The Labute approximate surface area is 223 Å². The van der Waals surface area contributed by atoms with Crippen LogP contribution in [0.15, 0.2) is 45.9 Å². The number of nitrogens with zero attached hydrogens (tertiary/aromatic N) is 5. The van der Waals surface area contributed by atoms with Gasteiger partial charge in [-0.25, -0.2) is 14.5 Å². The van der Waals surface area contributed by atoms with Crippen molar-refractivity contribution in [3.63, 3.8) is 0 Å². The number of esters is 1. The van der Waals surface area contributed by atoms with E-state index in [-0.39, 0.29) is 16.7 Å². The van der Waals surface area contributed by atoms with Gasteiger partial charge in [-0.3, -0.25) is 4.79 Å². The number of methoxy groups -OCH3 is 1. The molecule has 10 nitrogen and oxygen atoms in total. The maximum atomic E-state index is 12.8. The van der Waals surface area contributed by atoms with Crippen molar-refractivity contribution in [2.24, 2.45) is 14.1 Å². The molecule has 196 valence electrons. The second kappa shape index (κ2) is 10.4. The van der Waals surface area contributed by atoms with Gasteiger partial charge in [0.15, 0.2) is 0 Å². The van der Waals surface area contributed by atoms with Crippen LogP contribution in [-0.4, -0.2) is 43.6 Å². The molecule has 0 aliphatic rings. The topological polar surface area (TPSA) is 119 Å². The van der Waals surface area contributed by atoms with Crippen molar-refractivity contribution in [1.29, 1.82) is 0 Å². The molecule has 0 aliphatic carbocycles. The van der Waals surface area contributed by atoms with Crippen molar-refractivity contribution in [3.05, 3.63) is 57.0 Å². The second-order valence-electron chi connectivity index (χ2n) is 9.59. The number of nitrogens with two attached hydrogens (primary N) is 1. The quantitative estimate of drug-likeness (QED) is 0.236. The van der Waals surface area contributed by atoms with E-state index in [9.17, 15) is 9.59 Å². The summed E-state index contributed by atoms with van der Waals surface area (Å²) >= 11 is 3.54. The van der Waals surface area contributed by atoms with Crippen molar-refractivity contribution < 1.29 is 14.3 Å². The third-order valence-electron chi connectivity index (χ3n) is 6.45. The molecule has 0 atom stereocenters. The van der Waals surface area contributed by atoms with Crippen LogP contribution in [0.25, 0.3) is 22.2 Å². The highest BCUT2D eigenvalue weighted by atomic mass is 79.9. The number of carbonyl (C=O) groups excluding carboxylic acids is 1. The number of aromatic nitrogens is 5. The highest BCUT2D eigenvalue weighted by Gasteiger charge is 2.25. The first-order chi connectivity index (χ1) is 17.5. The molecule has 4 rings (SSSR count). The summed E-state index contributed by atoms with van der Waals surface area (Å²) in [5.74, 6) is 0.433. The molecule has 0 saturated heterocycles. The van der Waals surface area contributed by atoms with Gasteiger partial charge in [0.25, 0.3) is 5.56 Å². The zero-order chi connectivity index (χ0) is 26.9. The molecule has 0 radical (unpaired) electrons. The average Bonchev–Trinajstić information content (AvgIpc) is 3.38. The smallest absolute Gasteiger partial charge is 0.339 e. The number of anilines is 1. The number of hydrogen-bond donors (Lipinski definition) is 1.